The standard InChI is InChI=1S/C22H27Cl2N7O2/c1-13(2)8-18(22(32)33)26-6-7-31-12-14(9-29-31)19-11-27-20(25)21(30-19)28-10-15-16(23)4-3-5-17(15)24/h3-5,9,11-13,18,26H,6-8,10H2,1-2H3,(H2,25,27)(H,28,30)(H,32,33)/t18-/m0/s1. The molecule has 0 fully saturated rings. The second-order valence-corrected chi connectivity index (χ2v) is 8.82. The maximum atomic E-state index is 11.4. The van der Waals surface area contributed by atoms with Gasteiger partial charge < -0.3 is 21.5 Å². The van der Waals surface area contributed by atoms with Gasteiger partial charge in [-0.3, -0.25) is 9.48 Å². The number of hydrogen-bond donors (Lipinski definition) is 4. The smallest absolute Gasteiger partial charge is 0.320 e. The highest BCUT2D eigenvalue weighted by atomic mass is 35.5. The van der Waals surface area contributed by atoms with E-state index in [0.717, 1.165) is 11.1 Å². The Bertz CT molecular complexity index is 1080. The van der Waals surface area contributed by atoms with Crippen molar-refractivity contribution in [3.63, 3.8) is 0 Å². The van der Waals surface area contributed by atoms with Gasteiger partial charge in [-0.1, -0.05) is 43.1 Å². The molecular formula is C22H27Cl2N7O2. The predicted molar refractivity (Wildman–Crippen MR) is 130 cm³/mol. The molecule has 33 heavy (non-hydrogen) atoms. The first kappa shape index (κ1) is 24.8. The zero-order valence-electron chi connectivity index (χ0n) is 18.4. The number of carbonyl (C=O) groups is 1. The van der Waals surface area contributed by atoms with Gasteiger partial charge in [-0.25, -0.2) is 9.97 Å². The minimum absolute atomic E-state index is 0.253. The summed E-state index contributed by atoms with van der Waals surface area (Å²) in [5.41, 5.74) is 8.09. The van der Waals surface area contributed by atoms with Crippen LogP contribution in [0.2, 0.25) is 10.0 Å². The Morgan fingerprint density at radius 1 is 1.24 bits per heavy atom. The van der Waals surface area contributed by atoms with Crippen molar-refractivity contribution in [3.8, 4) is 11.3 Å². The van der Waals surface area contributed by atoms with Crippen LogP contribution in [0, 0.1) is 5.92 Å². The number of anilines is 2. The Hall–Kier alpha value is -2.88. The Labute approximate surface area is 202 Å². The third-order valence-corrected chi connectivity index (χ3v) is 5.67. The number of hydrogen-bond acceptors (Lipinski definition) is 7. The number of benzene rings is 1. The number of halogens is 2. The molecule has 1 atom stereocenters. The van der Waals surface area contributed by atoms with Crippen LogP contribution in [-0.4, -0.2) is 43.4 Å². The Balaban J connectivity index is 1.64. The zero-order valence-corrected chi connectivity index (χ0v) is 19.9. The van der Waals surface area contributed by atoms with E-state index in [9.17, 15) is 9.90 Å². The average molecular weight is 492 g/mol. The van der Waals surface area contributed by atoms with E-state index in [0.29, 0.717) is 47.6 Å². The summed E-state index contributed by atoms with van der Waals surface area (Å²) in [6, 6.07) is 4.73. The lowest BCUT2D eigenvalue weighted by atomic mass is 10.0. The van der Waals surface area contributed by atoms with Crippen molar-refractivity contribution in [2.75, 3.05) is 17.6 Å². The van der Waals surface area contributed by atoms with Crippen molar-refractivity contribution in [1.29, 1.82) is 0 Å². The molecule has 0 saturated heterocycles. The van der Waals surface area contributed by atoms with E-state index < -0.39 is 12.0 Å². The molecular weight excluding hydrogens is 465 g/mol. The molecule has 5 N–H and O–H groups in total. The highest BCUT2D eigenvalue weighted by Gasteiger charge is 2.18. The van der Waals surface area contributed by atoms with E-state index >= 15 is 0 Å². The van der Waals surface area contributed by atoms with E-state index in [4.69, 9.17) is 28.9 Å². The third kappa shape index (κ3) is 6.80. The molecule has 0 aliphatic rings. The number of nitrogen functional groups attached to an aromatic ring is 1. The zero-order chi connectivity index (χ0) is 24.0. The first-order chi connectivity index (χ1) is 15.7. The lowest BCUT2D eigenvalue weighted by Gasteiger charge is -2.16. The molecule has 0 aliphatic carbocycles. The van der Waals surface area contributed by atoms with Crippen LogP contribution in [0.15, 0.2) is 36.8 Å². The van der Waals surface area contributed by atoms with E-state index in [-0.39, 0.29) is 11.7 Å². The number of nitrogens with one attached hydrogen (secondary N) is 2. The molecule has 2 heterocycles. The fourth-order valence-electron chi connectivity index (χ4n) is 3.26. The largest absolute Gasteiger partial charge is 0.480 e. The van der Waals surface area contributed by atoms with Crippen molar-refractivity contribution in [3.05, 3.63) is 52.4 Å². The van der Waals surface area contributed by atoms with Crippen LogP contribution in [-0.2, 0) is 17.9 Å². The van der Waals surface area contributed by atoms with E-state index in [1.165, 1.54) is 0 Å². The van der Waals surface area contributed by atoms with Gasteiger partial charge in [0.15, 0.2) is 11.6 Å². The maximum Gasteiger partial charge on any atom is 0.320 e. The Kier molecular flexibility index (Phi) is 8.49. The summed E-state index contributed by atoms with van der Waals surface area (Å²) in [6.07, 6.45) is 5.65. The summed E-state index contributed by atoms with van der Waals surface area (Å²) in [4.78, 5) is 20.2. The first-order valence-electron chi connectivity index (χ1n) is 10.5. The number of nitrogens with zero attached hydrogens (tertiary/aromatic N) is 4. The van der Waals surface area contributed by atoms with Gasteiger partial charge in [-0.05, 0) is 24.5 Å². The summed E-state index contributed by atoms with van der Waals surface area (Å²) < 4.78 is 1.73. The Morgan fingerprint density at radius 2 is 1.97 bits per heavy atom. The normalized spacial score (nSPS) is 12.2. The molecule has 9 nitrogen and oxygen atoms in total. The molecule has 0 bridgehead atoms. The summed E-state index contributed by atoms with van der Waals surface area (Å²) in [5.74, 6) is 0.107. The van der Waals surface area contributed by atoms with Crippen LogP contribution in [0.3, 0.4) is 0 Å². The minimum Gasteiger partial charge on any atom is -0.480 e. The number of aromatic nitrogens is 4. The SMILES string of the molecule is CC(C)C[C@H](NCCn1cc(-c2cnc(N)c(NCc3c(Cl)cccc3Cl)n2)cn1)C(=O)O. The van der Waals surface area contributed by atoms with Gasteiger partial charge in [0, 0.05) is 40.5 Å². The van der Waals surface area contributed by atoms with Crippen molar-refractivity contribution in [2.24, 2.45) is 5.92 Å². The maximum absolute atomic E-state index is 11.4. The lowest BCUT2D eigenvalue weighted by Crippen LogP contribution is -2.39. The molecule has 1 aromatic carbocycles. The molecule has 0 aliphatic heterocycles. The van der Waals surface area contributed by atoms with E-state index in [2.05, 4.69) is 25.7 Å². The van der Waals surface area contributed by atoms with Gasteiger partial charge in [0.2, 0.25) is 0 Å². The molecule has 11 heteroatoms. The number of carboxylic acid groups (broad SMARTS) is 1. The van der Waals surface area contributed by atoms with Crippen molar-refractivity contribution in [2.45, 2.75) is 39.4 Å². The summed E-state index contributed by atoms with van der Waals surface area (Å²) in [5, 5.41) is 21.0. The van der Waals surface area contributed by atoms with Crippen LogP contribution in [0.25, 0.3) is 11.3 Å². The monoisotopic (exact) mass is 491 g/mol. The summed E-state index contributed by atoms with van der Waals surface area (Å²) in [6.45, 7) is 5.32. The molecule has 3 aromatic rings. The quantitative estimate of drug-likeness (QED) is 0.317. The van der Waals surface area contributed by atoms with Gasteiger partial charge in [0.1, 0.15) is 6.04 Å². The lowest BCUT2D eigenvalue weighted by molar-refractivity contribution is -0.139. The molecule has 0 saturated carbocycles. The highest BCUT2D eigenvalue weighted by Crippen LogP contribution is 2.26. The highest BCUT2D eigenvalue weighted by molar-refractivity contribution is 6.36. The molecule has 0 unspecified atom stereocenters. The van der Waals surface area contributed by atoms with Gasteiger partial charge in [-0.15, -0.1) is 0 Å². The fourth-order valence-corrected chi connectivity index (χ4v) is 3.79. The van der Waals surface area contributed by atoms with Crippen LogP contribution in [0.5, 0.6) is 0 Å². The van der Waals surface area contributed by atoms with Crippen LogP contribution in [0.4, 0.5) is 11.6 Å². The average Bonchev–Trinajstić information content (AvgIpc) is 3.22. The number of rotatable bonds is 11. The van der Waals surface area contributed by atoms with Gasteiger partial charge in [-0.2, -0.15) is 5.10 Å². The predicted octanol–water partition coefficient (Wildman–Crippen LogP) is 3.93. The molecule has 0 radical (unpaired) electrons. The first-order valence-corrected chi connectivity index (χ1v) is 11.3. The van der Waals surface area contributed by atoms with Crippen molar-refractivity contribution in [1.82, 2.24) is 25.1 Å². The van der Waals surface area contributed by atoms with Gasteiger partial charge in [0.05, 0.1) is 24.6 Å². The van der Waals surface area contributed by atoms with Crippen LogP contribution < -0.4 is 16.4 Å². The number of carboxylic acids is 1. The number of aliphatic carboxylic acids is 1. The minimum atomic E-state index is -0.847. The second-order valence-electron chi connectivity index (χ2n) is 8.01. The van der Waals surface area contributed by atoms with E-state index in [1.807, 2.05) is 20.0 Å². The number of nitrogens with two attached hydrogens (primary N) is 1. The second kappa shape index (κ2) is 11.3. The molecule has 2 aromatic heterocycles. The van der Waals surface area contributed by atoms with Crippen LogP contribution >= 0.6 is 23.2 Å². The van der Waals surface area contributed by atoms with Crippen molar-refractivity contribution >= 4 is 40.8 Å². The van der Waals surface area contributed by atoms with Gasteiger partial charge in [0.25, 0.3) is 0 Å². The van der Waals surface area contributed by atoms with Crippen molar-refractivity contribution < 1.29 is 9.90 Å². The molecule has 0 spiro atoms. The summed E-state index contributed by atoms with van der Waals surface area (Å²) >= 11 is 12.5. The Morgan fingerprint density at radius 3 is 2.64 bits per heavy atom. The topological polar surface area (TPSA) is 131 Å². The van der Waals surface area contributed by atoms with Crippen LogP contribution in [0.1, 0.15) is 25.8 Å². The molecule has 3 rings (SSSR count). The molecule has 0 amide bonds. The fraction of sp³-hybridized carbons (Fsp3) is 0.364. The van der Waals surface area contributed by atoms with E-state index in [1.54, 1.807) is 35.3 Å². The third-order valence-electron chi connectivity index (χ3n) is 4.96. The summed E-state index contributed by atoms with van der Waals surface area (Å²) in [7, 11) is 0. The molecule has 176 valence electrons. The van der Waals surface area contributed by atoms with Gasteiger partial charge >= 0.3 is 5.97 Å².